The average molecular weight is 1490 g/mol. The van der Waals surface area contributed by atoms with Gasteiger partial charge in [0.1, 0.15) is 53.2 Å². The topological polar surface area (TPSA) is 167 Å². The number of nitrogens with zero attached hydrogens (tertiary/aromatic N) is 4. The Morgan fingerprint density at radius 3 is 1.36 bits per heavy atom. The highest BCUT2D eigenvalue weighted by Gasteiger charge is 2.54. The Morgan fingerprint density at radius 1 is 0.293 bits per heavy atom. The van der Waals surface area contributed by atoms with Gasteiger partial charge in [0.05, 0.1) is 22.5 Å². The third kappa shape index (κ3) is 10.7. The largest absolute Gasteiger partial charge is 0.456 e. The molecule has 2 aliphatic carbocycles. The van der Waals surface area contributed by atoms with Crippen LogP contribution in [0, 0.1) is 11.3 Å². The quantitative estimate of drug-likeness (QED) is 0.0798. The minimum atomic E-state index is -0.864. The van der Waals surface area contributed by atoms with E-state index in [0.717, 1.165) is 168 Å². The molecule has 0 saturated heterocycles. The van der Waals surface area contributed by atoms with Gasteiger partial charge in [-0.15, -0.1) is 0 Å². The molecule has 116 heavy (non-hydrogen) atoms. The van der Waals surface area contributed by atoms with Gasteiger partial charge in [-0.05, 0) is 137 Å². The van der Waals surface area contributed by atoms with Crippen molar-refractivity contribution >= 4 is 28.9 Å². The lowest BCUT2D eigenvalue weighted by Gasteiger charge is -2.41. The number of hydrogen-bond donors (Lipinski definition) is 5. The summed E-state index contributed by atoms with van der Waals surface area (Å²) in [6.45, 7) is 0. The molecule has 22 rings (SSSR count). The second-order valence-electron chi connectivity index (χ2n) is 30.5. The van der Waals surface area contributed by atoms with Crippen LogP contribution in [0.25, 0.3) is 77.9 Å². The van der Waals surface area contributed by atoms with Gasteiger partial charge in [0.25, 0.3) is 0 Å². The highest BCUT2D eigenvalue weighted by Crippen LogP contribution is 2.67. The number of anilines is 2. The third-order valence-electron chi connectivity index (χ3n) is 24.0. The molecule has 11 nitrogen and oxygen atoms in total. The van der Waals surface area contributed by atoms with Crippen molar-refractivity contribution in [3.63, 3.8) is 0 Å². The number of ether oxygens (including phenoxy) is 2. The molecule has 4 unspecified atom stereocenters. The summed E-state index contributed by atoms with van der Waals surface area (Å²) < 4.78 is 15.2. The maximum absolute atomic E-state index is 9.92. The monoisotopic (exact) mass is 1490 g/mol. The molecule has 4 aliphatic heterocycles. The fourth-order valence-corrected chi connectivity index (χ4v) is 18.9. The van der Waals surface area contributed by atoms with Crippen molar-refractivity contribution in [1.29, 1.82) is 5.26 Å². The molecule has 0 amide bonds. The van der Waals surface area contributed by atoms with Gasteiger partial charge in [-0.25, -0.2) is 15.0 Å². The number of nitriles is 1. The van der Waals surface area contributed by atoms with Crippen molar-refractivity contribution in [1.82, 2.24) is 16.0 Å². The molecule has 4 heterocycles. The molecule has 7 N–H and O–H groups in total. The van der Waals surface area contributed by atoms with E-state index in [1.54, 1.807) is 6.07 Å². The molecule has 0 saturated carbocycles. The fraction of sp³-hybridized carbons (Fsp3) is 0.0476. The van der Waals surface area contributed by atoms with Crippen LogP contribution in [0.3, 0.4) is 0 Å². The lowest BCUT2D eigenvalue weighted by Crippen LogP contribution is -2.45. The summed E-state index contributed by atoms with van der Waals surface area (Å²) >= 11 is 0. The maximum atomic E-state index is 9.92. The first-order valence-electron chi connectivity index (χ1n) is 39.2. The molecule has 0 bridgehead atoms. The zero-order valence-corrected chi connectivity index (χ0v) is 62.7. The summed E-state index contributed by atoms with van der Waals surface area (Å²) in [7, 11) is 0. The summed E-state index contributed by atoms with van der Waals surface area (Å²) in [6, 6.07) is 133. The van der Waals surface area contributed by atoms with Crippen molar-refractivity contribution in [2.24, 2.45) is 15.0 Å². The standard InChI is InChI=1S/C105H71N9O2/c106-62-63-56-75(60-77(108)57-63)65-46-50-66(51-47-65)78-35-18-42-90-94(78)116-97-84(103-113-99(68-24-6-2-7-25-68)110-100(114-103)69-26-8-3-9-27-69)38-21-45-93(97)105(90)88-41-15-12-34-83(88)85-61-71(54-55-89(85)105)64-48-52-70(53-49-64)101-109-98(67-22-4-1-5-23-67)111-102(112-101)74-30-16-28-72(58-74)79-36-19-43-91-95(79)115-96-80(73-29-17-31-76(107)59-73)37-20-44-92(96)104(91)86-39-13-10-32-81(86)82-33-11-14-40-87(82)104/h1-61,99,101,103,113H,107-108H2,(H,110,114)(H,109,111,112). The molecular formula is C105H71N9O2. The summed E-state index contributed by atoms with van der Waals surface area (Å²) in [5.74, 6) is 5.18. The molecule has 16 aromatic rings. The molecule has 16 aromatic carbocycles. The van der Waals surface area contributed by atoms with E-state index in [-0.39, 0.29) is 6.17 Å². The van der Waals surface area contributed by atoms with E-state index in [1.165, 1.54) is 22.3 Å². The van der Waals surface area contributed by atoms with Gasteiger partial charge in [-0.1, -0.05) is 328 Å². The Hall–Kier alpha value is -15.2. The predicted molar refractivity (Wildman–Crippen MR) is 465 cm³/mol. The van der Waals surface area contributed by atoms with E-state index < -0.39 is 23.2 Å². The number of para-hydroxylation sites is 4. The number of aliphatic imine (C=N–C) groups is 3. The van der Waals surface area contributed by atoms with Gasteiger partial charge in [-0.3, -0.25) is 5.32 Å². The number of nitrogens with one attached hydrogen (secondary N) is 3. The first kappa shape index (κ1) is 67.7. The number of fused-ring (bicyclic) bond motifs is 18. The fourth-order valence-electron chi connectivity index (χ4n) is 18.9. The van der Waals surface area contributed by atoms with Gasteiger partial charge >= 0.3 is 0 Å². The van der Waals surface area contributed by atoms with Crippen molar-refractivity contribution in [3.05, 3.63) is 454 Å². The van der Waals surface area contributed by atoms with Crippen LogP contribution in [0.15, 0.2) is 385 Å². The van der Waals surface area contributed by atoms with Crippen LogP contribution in [0.5, 0.6) is 23.0 Å². The van der Waals surface area contributed by atoms with Crippen molar-refractivity contribution in [3.8, 4) is 107 Å². The number of nitrogen functional groups attached to an aromatic ring is 2. The minimum Gasteiger partial charge on any atom is -0.456 e. The smallest absolute Gasteiger partial charge is 0.159 e. The van der Waals surface area contributed by atoms with Crippen LogP contribution in [0.2, 0.25) is 0 Å². The molecule has 548 valence electrons. The van der Waals surface area contributed by atoms with Crippen LogP contribution in [0.4, 0.5) is 11.4 Å². The van der Waals surface area contributed by atoms with E-state index in [0.29, 0.717) is 22.8 Å². The molecule has 0 fully saturated rings. The van der Waals surface area contributed by atoms with Crippen molar-refractivity contribution < 1.29 is 9.47 Å². The van der Waals surface area contributed by atoms with E-state index in [4.69, 9.17) is 35.9 Å². The third-order valence-corrected chi connectivity index (χ3v) is 24.0. The second kappa shape index (κ2) is 27.0. The summed E-state index contributed by atoms with van der Waals surface area (Å²) in [4.78, 5) is 16.4. The number of benzene rings is 16. The Kier molecular flexibility index (Phi) is 15.8. The Balaban J connectivity index is 0.648. The van der Waals surface area contributed by atoms with E-state index in [1.807, 2.05) is 60.7 Å². The Labute approximate surface area is 671 Å². The Morgan fingerprint density at radius 2 is 0.741 bits per heavy atom. The molecular weight excluding hydrogens is 1420 g/mol. The zero-order valence-electron chi connectivity index (χ0n) is 62.7. The van der Waals surface area contributed by atoms with E-state index >= 15 is 0 Å². The number of rotatable bonds is 11. The number of amidine groups is 3. The molecule has 0 aromatic heterocycles. The van der Waals surface area contributed by atoms with E-state index in [9.17, 15) is 5.26 Å². The van der Waals surface area contributed by atoms with Gasteiger partial charge in [0.15, 0.2) is 5.84 Å². The molecule has 2 spiro atoms. The van der Waals surface area contributed by atoms with E-state index in [2.05, 4.69) is 325 Å². The average Bonchev–Trinajstić information content (AvgIpc) is 1.49. The second-order valence-corrected chi connectivity index (χ2v) is 30.5. The highest BCUT2D eigenvalue weighted by molar-refractivity contribution is 6.13. The van der Waals surface area contributed by atoms with Gasteiger partial charge < -0.3 is 31.6 Å². The first-order valence-corrected chi connectivity index (χ1v) is 39.2. The van der Waals surface area contributed by atoms with Gasteiger partial charge in [0.2, 0.25) is 0 Å². The zero-order chi connectivity index (χ0) is 77.2. The van der Waals surface area contributed by atoms with Gasteiger partial charge in [-0.2, -0.15) is 5.26 Å². The van der Waals surface area contributed by atoms with Gasteiger partial charge in [0, 0.05) is 72.6 Å². The minimum absolute atomic E-state index is 0.285. The summed E-state index contributed by atoms with van der Waals surface area (Å²) in [5, 5.41) is 21.4. The van der Waals surface area contributed by atoms with Crippen LogP contribution >= 0.6 is 0 Å². The normalized spacial score (nSPS) is 17.1. The van der Waals surface area contributed by atoms with Crippen molar-refractivity contribution in [2.75, 3.05) is 11.5 Å². The lowest BCUT2D eigenvalue weighted by atomic mass is 9.65. The maximum Gasteiger partial charge on any atom is 0.159 e. The SMILES string of the molecule is N#Cc1cc(N)cc(-c2ccc(-c3cccc4c3Oc3c(C5N=C(c6ccccc6)NC(c6ccccc6)N5)cccc3C43c4ccccc4-c4cc(-c5ccc(C6N=C(c7cccc(-c8cccc9c8Oc8c(-c%10cccc(N)c%10)cccc8C98c9ccccc9-c9ccccc98)c7)N=C(c7ccccc7)N6)cc5)ccc43)cc2)c1. The van der Waals surface area contributed by atoms with Crippen LogP contribution in [-0.4, -0.2) is 17.5 Å². The van der Waals surface area contributed by atoms with Crippen molar-refractivity contribution in [2.45, 2.75) is 29.3 Å². The predicted octanol–water partition coefficient (Wildman–Crippen LogP) is 22.8. The first-order chi connectivity index (χ1) is 57.2. The van der Waals surface area contributed by atoms with Crippen LogP contribution < -0.4 is 36.9 Å². The lowest BCUT2D eigenvalue weighted by molar-refractivity contribution is 0.384. The molecule has 11 heteroatoms. The molecule has 6 aliphatic rings. The molecule has 4 atom stereocenters. The van der Waals surface area contributed by atoms with Crippen LogP contribution in [0.1, 0.15) is 102 Å². The summed E-state index contributed by atoms with van der Waals surface area (Å²) in [6.07, 6.45) is -1.32. The summed E-state index contributed by atoms with van der Waals surface area (Å²) in [5.41, 5.74) is 42.1. The number of hydrogen-bond acceptors (Lipinski definition) is 11. The van der Waals surface area contributed by atoms with Crippen LogP contribution in [-0.2, 0) is 10.8 Å². The number of nitrogens with two attached hydrogens (primary N) is 2. The molecule has 0 radical (unpaired) electrons. The highest BCUT2D eigenvalue weighted by atomic mass is 16.5. The Bertz CT molecular complexity index is 6820.